The van der Waals surface area contributed by atoms with Crippen LogP contribution in [0.2, 0.25) is 6.82 Å². The average Bonchev–Trinajstić information content (AvgIpc) is 2.38. The SMILES string of the molecule is CB(O)Nc1cc(N2CCOCC2)ccc1[N+](=O)[O-]. The minimum absolute atomic E-state index is 0.0436. The number of anilines is 2. The summed E-state index contributed by atoms with van der Waals surface area (Å²) in [5.74, 6) is 0. The van der Waals surface area contributed by atoms with E-state index < -0.39 is 12.0 Å². The Labute approximate surface area is 111 Å². The van der Waals surface area contributed by atoms with Crippen molar-refractivity contribution in [3.63, 3.8) is 0 Å². The van der Waals surface area contributed by atoms with Crippen LogP contribution >= 0.6 is 0 Å². The molecular formula is C11H16BN3O4. The first-order valence-electron chi connectivity index (χ1n) is 6.13. The van der Waals surface area contributed by atoms with Gasteiger partial charge < -0.3 is 19.9 Å². The molecule has 0 spiro atoms. The van der Waals surface area contributed by atoms with Gasteiger partial charge in [-0.15, -0.1) is 0 Å². The fourth-order valence-electron chi connectivity index (χ4n) is 2.04. The van der Waals surface area contributed by atoms with Gasteiger partial charge in [-0.25, -0.2) is 0 Å². The summed E-state index contributed by atoms with van der Waals surface area (Å²) < 4.78 is 5.27. The molecule has 0 bridgehead atoms. The van der Waals surface area contributed by atoms with E-state index >= 15 is 0 Å². The molecule has 8 heteroatoms. The fraction of sp³-hybridized carbons (Fsp3) is 0.455. The van der Waals surface area contributed by atoms with Crippen LogP contribution in [0.25, 0.3) is 0 Å². The largest absolute Gasteiger partial charge is 0.433 e. The molecule has 0 unspecified atom stereocenters. The number of rotatable bonds is 4. The van der Waals surface area contributed by atoms with Crippen molar-refractivity contribution in [2.24, 2.45) is 0 Å². The van der Waals surface area contributed by atoms with Gasteiger partial charge in [0.25, 0.3) is 5.69 Å². The van der Waals surface area contributed by atoms with E-state index in [0.717, 1.165) is 18.8 Å². The third-order valence-corrected chi connectivity index (χ3v) is 2.92. The molecule has 0 amide bonds. The highest BCUT2D eigenvalue weighted by atomic mass is 16.6. The van der Waals surface area contributed by atoms with E-state index in [1.807, 2.05) is 0 Å². The van der Waals surface area contributed by atoms with Crippen molar-refractivity contribution in [2.45, 2.75) is 6.82 Å². The lowest BCUT2D eigenvalue weighted by atomic mass is 9.88. The molecular weight excluding hydrogens is 249 g/mol. The minimum Gasteiger partial charge on any atom is -0.433 e. The molecule has 7 nitrogen and oxygen atoms in total. The van der Waals surface area contributed by atoms with Crippen molar-refractivity contribution in [1.82, 2.24) is 0 Å². The Morgan fingerprint density at radius 1 is 1.47 bits per heavy atom. The Hall–Kier alpha value is -1.80. The van der Waals surface area contributed by atoms with Crippen LogP contribution in [-0.4, -0.2) is 43.3 Å². The average molecular weight is 265 g/mol. The molecule has 19 heavy (non-hydrogen) atoms. The summed E-state index contributed by atoms with van der Waals surface area (Å²) in [6.07, 6.45) is 0. The van der Waals surface area contributed by atoms with Crippen molar-refractivity contribution in [2.75, 3.05) is 36.4 Å². The maximum atomic E-state index is 10.9. The number of nitro benzene ring substituents is 1. The predicted octanol–water partition coefficient (Wildman–Crippen LogP) is 0.954. The monoisotopic (exact) mass is 265 g/mol. The molecule has 102 valence electrons. The van der Waals surface area contributed by atoms with Crippen LogP contribution in [0.3, 0.4) is 0 Å². The zero-order chi connectivity index (χ0) is 13.8. The summed E-state index contributed by atoms with van der Waals surface area (Å²) in [6, 6.07) is 4.86. The predicted molar refractivity (Wildman–Crippen MR) is 73.6 cm³/mol. The highest BCUT2D eigenvalue weighted by Crippen LogP contribution is 2.30. The van der Waals surface area contributed by atoms with Gasteiger partial charge in [0.1, 0.15) is 5.69 Å². The molecule has 1 aliphatic rings. The van der Waals surface area contributed by atoms with Crippen molar-refractivity contribution in [1.29, 1.82) is 0 Å². The molecule has 0 radical (unpaired) electrons. The lowest BCUT2D eigenvalue weighted by molar-refractivity contribution is -0.383. The first-order chi connectivity index (χ1) is 9.08. The Morgan fingerprint density at radius 2 is 2.16 bits per heavy atom. The van der Waals surface area contributed by atoms with Gasteiger partial charge >= 0.3 is 7.05 Å². The van der Waals surface area contributed by atoms with E-state index in [4.69, 9.17) is 4.74 Å². The standard InChI is InChI=1S/C11H16BN3O4/c1-12(16)13-10-8-9(2-3-11(10)15(17)18)14-4-6-19-7-5-14/h2-3,8,13,16H,4-7H2,1H3. The van der Waals surface area contributed by atoms with Crippen LogP contribution in [0.15, 0.2) is 18.2 Å². The maximum Gasteiger partial charge on any atom is 0.407 e. The zero-order valence-corrected chi connectivity index (χ0v) is 10.7. The van der Waals surface area contributed by atoms with Crippen LogP contribution in [0.1, 0.15) is 0 Å². The highest BCUT2D eigenvalue weighted by molar-refractivity contribution is 6.53. The molecule has 1 aliphatic heterocycles. The summed E-state index contributed by atoms with van der Waals surface area (Å²) >= 11 is 0. The number of morpholine rings is 1. The second-order valence-electron chi connectivity index (χ2n) is 4.38. The van der Waals surface area contributed by atoms with Gasteiger partial charge in [0.05, 0.1) is 18.1 Å². The van der Waals surface area contributed by atoms with Crippen LogP contribution in [0.5, 0.6) is 0 Å². The summed E-state index contributed by atoms with van der Waals surface area (Å²) in [6.45, 7) is 4.33. The van der Waals surface area contributed by atoms with Crippen LogP contribution < -0.4 is 10.1 Å². The zero-order valence-electron chi connectivity index (χ0n) is 10.7. The lowest BCUT2D eigenvalue weighted by Gasteiger charge is -2.29. The number of hydrogen-bond acceptors (Lipinski definition) is 6. The number of nitrogens with zero attached hydrogens (tertiary/aromatic N) is 2. The topological polar surface area (TPSA) is 87.9 Å². The summed E-state index contributed by atoms with van der Waals surface area (Å²) in [5, 5.41) is 23.0. The van der Waals surface area contributed by atoms with Crippen LogP contribution in [-0.2, 0) is 4.74 Å². The van der Waals surface area contributed by atoms with E-state index in [1.165, 1.54) is 12.9 Å². The van der Waals surface area contributed by atoms with E-state index in [1.54, 1.807) is 12.1 Å². The van der Waals surface area contributed by atoms with Gasteiger partial charge in [-0.2, -0.15) is 0 Å². The maximum absolute atomic E-state index is 10.9. The molecule has 0 saturated carbocycles. The number of hydrogen-bond donors (Lipinski definition) is 2. The second-order valence-corrected chi connectivity index (χ2v) is 4.38. The third-order valence-electron chi connectivity index (χ3n) is 2.92. The molecule has 0 aliphatic carbocycles. The summed E-state index contributed by atoms with van der Waals surface area (Å²) in [7, 11) is -0.848. The molecule has 1 fully saturated rings. The molecule has 0 aromatic heterocycles. The van der Waals surface area contributed by atoms with E-state index in [9.17, 15) is 15.1 Å². The van der Waals surface area contributed by atoms with Gasteiger partial charge in [0.15, 0.2) is 0 Å². The van der Waals surface area contributed by atoms with Crippen LogP contribution in [0, 0.1) is 10.1 Å². The Kier molecular flexibility index (Phi) is 4.23. The number of nitrogens with one attached hydrogen (secondary N) is 1. The number of benzene rings is 1. The first kappa shape index (κ1) is 13.6. The fourth-order valence-corrected chi connectivity index (χ4v) is 2.04. The molecule has 1 aromatic carbocycles. The Morgan fingerprint density at radius 3 is 2.74 bits per heavy atom. The van der Waals surface area contributed by atoms with Crippen molar-refractivity contribution in [3.05, 3.63) is 28.3 Å². The van der Waals surface area contributed by atoms with E-state index in [2.05, 4.69) is 10.1 Å². The molecule has 1 aromatic rings. The summed E-state index contributed by atoms with van der Waals surface area (Å²) in [5.41, 5.74) is 1.17. The molecule has 1 saturated heterocycles. The summed E-state index contributed by atoms with van der Waals surface area (Å²) in [4.78, 5) is 12.6. The lowest BCUT2D eigenvalue weighted by Crippen LogP contribution is -2.36. The van der Waals surface area contributed by atoms with Crippen molar-refractivity contribution in [3.8, 4) is 0 Å². The number of nitro groups is 1. The van der Waals surface area contributed by atoms with Crippen molar-refractivity contribution < 1.29 is 14.7 Å². The van der Waals surface area contributed by atoms with Gasteiger partial charge in [0, 0.05) is 24.8 Å². The second kappa shape index (κ2) is 5.90. The van der Waals surface area contributed by atoms with E-state index in [0.29, 0.717) is 18.9 Å². The Balaban J connectivity index is 2.28. The van der Waals surface area contributed by atoms with Gasteiger partial charge in [0.2, 0.25) is 0 Å². The van der Waals surface area contributed by atoms with Crippen LogP contribution in [0.4, 0.5) is 17.1 Å². The molecule has 1 heterocycles. The smallest absolute Gasteiger partial charge is 0.407 e. The quantitative estimate of drug-likeness (QED) is 0.479. The highest BCUT2D eigenvalue weighted by Gasteiger charge is 2.19. The third kappa shape index (κ3) is 3.36. The molecule has 2 N–H and O–H groups in total. The van der Waals surface area contributed by atoms with Crippen molar-refractivity contribution >= 4 is 24.1 Å². The minimum atomic E-state index is -0.848. The normalized spacial score (nSPS) is 15.2. The Bertz CT molecular complexity index is 463. The van der Waals surface area contributed by atoms with Gasteiger partial charge in [-0.05, 0) is 19.0 Å². The number of ether oxygens (including phenoxy) is 1. The first-order valence-corrected chi connectivity index (χ1v) is 6.13. The van der Waals surface area contributed by atoms with Gasteiger partial charge in [-0.1, -0.05) is 0 Å². The van der Waals surface area contributed by atoms with Gasteiger partial charge in [-0.3, -0.25) is 10.1 Å². The molecule has 0 atom stereocenters. The van der Waals surface area contributed by atoms with E-state index in [-0.39, 0.29) is 5.69 Å². The molecule has 2 rings (SSSR count).